The van der Waals surface area contributed by atoms with E-state index in [9.17, 15) is 0 Å². The Morgan fingerprint density at radius 1 is 0.340 bits per heavy atom. The molecular weight excluding hydrogens is 1240 g/mol. The second-order valence-corrected chi connectivity index (χ2v) is 29.3. The van der Waals surface area contributed by atoms with Gasteiger partial charge in [0.05, 0.1) is 36.0 Å². The van der Waals surface area contributed by atoms with Crippen molar-refractivity contribution in [1.82, 2.24) is 39.9 Å². The Bertz CT molecular complexity index is 4650. The van der Waals surface area contributed by atoms with Crippen LogP contribution in [0.1, 0.15) is 195 Å². The third kappa shape index (κ3) is 11.5. The number of aromatic amines is 4. The molecule has 18 rings (SSSR count). The van der Waals surface area contributed by atoms with Crippen LogP contribution in [0.5, 0.6) is 11.5 Å². The monoisotopic (exact) mass is 1320 g/mol. The summed E-state index contributed by atoms with van der Waals surface area (Å²) in [7, 11) is 0. The van der Waals surface area contributed by atoms with Gasteiger partial charge in [0.15, 0.2) is 0 Å². The summed E-state index contributed by atoms with van der Waals surface area (Å²) in [5.74, 6) is 1.57. The molecule has 11 aromatic rings. The normalized spacial score (nSPS) is 18.4. The van der Waals surface area contributed by atoms with Gasteiger partial charge in [-0.25, -0.2) is 9.97 Å². The number of ether oxygens (including phenoxy) is 2. The zero-order valence-corrected chi connectivity index (χ0v) is 59.1. The molecule has 0 unspecified atom stereocenters. The number of aromatic nitrogens is 8. The van der Waals surface area contributed by atoms with Crippen LogP contribution in [0, 0.1) is 41.5 Å². The molecule has 0 amide bonds. The summed E-state index contributed by atoms with van der Waals surface area (Å²) in [6.07, 6.45) is 16.2. The fourth-order valence-electron chi connectivity index (χ4n) is 16.2. The van der Waals surface area contributed by atoms with E-state index >= 15 is 0 Å². The number of nitrogens with one attached hydrogen (secondary N) is 4. The number of hydrogen-bond donors (Lipinski definition) is 4. The molecule has 0 aliphatic carbocycles. The number of rotatable bonds is 2. The summed E-state index contributed by atoms with van der Waals surface area (Å²) in [5, 5.41) is 0. The number of H-pyrrole nitrogens is 4. The van der Waals surface area contributed by atoms with E-state index in [1.807, 2.05) is 0 Å². The van der Waals surface area contributed by atoms with Crippen LogP contribution < -0.4 is 19.4 Å². The van der Waals surface area contributed by atoms with E-state index in [1.165, 1.54) is 56.7 Å². The van der Waals surface area contributed by atoms with Crippen molar-refractivity contribution in [3.8, 4) is 56.0 Å². The van der Waals surface area contributed by atoms with Crippen LogP contribution in [0.3, 0.4) is 0 Å². The van der Waals surface area contributed by atoms with Crippen molar-refractivity contribution in [2.75, 3.05) is 13.2 Å². The van der Waals surface area contributed by atoms with E-state index in [4.69, 9.17) is 29.4 Å². The maximum Gasteiger partial charge on any atom is 2.00 e. The average molecular weight is 1320 g/mol. The van der Waals surface area contributed by atoms with Crippen molar-refractivity contribution in [1.29, 1.82) is 0 Å². The Labute approximate surface area is 581 Å². The van der Waals surface area contributed by atoms with Gasteiger partial charge in [0.25, 0.3) is 0 Å². The third-order valence-electron chi connectivity index (χ3n) is 21.7. The Balaban J connectivity index is 0.00000807. The summed E-state index contributed by atoms with van der Waals surface area (Å²) in [6, 6.07) is 53.3. The second kappa shape index (κ2) is 25.3. The maximum atomic E-state index is 7.06. The molecular formula is C86H88N8NiO2. The molecule has 0 atom stereocenters. The molecule has 7 aromatic heterocycles. The van der Waals surface area contributed by atoms with Crippen molar-refractivity contribution in [3.05, 3.63) is 247 Å². The first-order valence-electron chi connectivity index (χ1n) is 34.7. The molecule has 14 heterocycles. The molecule has 4 aromatic carbocycles. The van der Waals surface area contributed by atoms with Crippen LogP contribution in [-0.4, -0.2) is 43.1 Å². The summed E-state index contributed by atoms with van der Waals surface area (Å²) in [6.45, 7) is 28.4. The first kappa shape index (κ1) is 65.0. The predicted molar refractivity (Wildman–Crippen MR) is 395 cm³/mol. The smallest absolute Gasteiger partial charge is 0.657 e. The van der Waals surface area contributed by atoms with E-state index in [-0.39, 0.29) is 38.2 Å². The average Bonchev–Trinajstić information content (AvgIpc) is 1.60. The van der Waals surface area contributed by atoms with E-state index in [1.54, 1.807) is 0 Å². The molecule has 7 aliphatic heterocycles. The molecule has 0 saturated carbocycles. The van der Waals surface area contributed by atoms with Gasteiger partial charge in [0.2, 0.25) is 0 Å². The Hall–Kier alpha value is -9.31. The van der Waals surface area contributed by atoms with Crippen LogP contribution in [-0.2, 0) is 38.2 Å². The van der Waals surface area contributed by atoms with E-state index in [0.29, 0.717) is 13.2 Å². The Morgan fingerprint density at radius 2 is 0.639 bits per heavy atom. The van der Waals surface area contributed by atoms with Gasteiger partial charge in [-0.1, -0.05) is 122 Å². The van der Waals surface area contributed by atoms with Crippen molar-refractivity contribution in [3.63, 3.8) is 0 Å². The van der Waals surface area contributed by atoms with Crippen molar-refractivity contribution in [2.45, 2.75) is 156 Å². The minimum Gasteiger partial charge on any atom is -0.657 e. The molecule has 0 radical (unpaired) electrons. The first-order valence-corrected chi connectivity index (χ1v) is 34.7. The van der Waals surface area contributed by atoms with Crippen LogP contribution in [0.4, 0.5) is 0 Å². The van der Waals surface area contributed by atoms with Crippen molar-refractivity contribution >= 4 is 46.4 Å². The van der Waals surface area contributed by atoms with Gasteiger partial charge in [0, 0.05) is 78.3 Å². The Morgan fingerprint density at radius 3 is 0.979 bits per heavy atom. The van der Waals surface area contributed by atoms with Gasteiger partial charge in [0.1, 0.15) is 11.5 Å². The number of para-hydroxylation sites is 2. The van der Waals surface area contributed by atoms with Gasteiger partial charge in [-0.3, -0.25) is 0 Å². The van der Waals surface area contributed by atoms with Gasteiger partial charge in [-0.05, 0) is 249 Å². The number of aryl methyl sites for hydroxylation is 6. The molecule has 20 bridgehead atoms. The minimum absolute atomic E-state index is 0. The van der Waals surface area contributed by atoms with E-state index in [0.717, 1.165) is 174 Å². The van der Waals surface area contributed by atoms with Crippen LogP contribution in [0.15, 0.2) is 146 Å². The summed E-state index contributed by atoms with van der Waals surface area (Å²) in [5.41, 5.74) is 29.5. The molecule has 494 valence electrons. The van der Waals surface area contributed by atoms with Crippen molar-refractivity contribution < 1.29 is 26.0 Å². The second-order valence-electron chi connectivity index (χ2n) is 29.3. The molecule has 0 fully saturated rings. The minimum atomic E-state index is -0.345. The number of nitrogens with zero attached hydrogens (tertiary/aromatic N) is 4. The SMILES string of the molecule is Cc1cc(C)c(-c2c3nc(c4c5ccc([n-]5)c(-c5c(C)cc(C)cc5C)c5nc(c(c6ccc2[n-]6)-c2ccccc2OCCCCCC2(C)c6ccc([nH]6)C(C)(C)c6ccc([nH]6)C(C)(CCCCCOc6ccccc6-4)c4ccc([nH]4)C(C)(C)c4ccc2[nH]4)C=C5)C=C3)c(C)c1.[Ni+2]. The zero-order chi connectivity index (χ0) is 66.4. The largest absolute Gasteiger partial charge is 2.00 e. The third-order valence-corrected chi connectivity index (χ3v) is 21.7. The molecule has 7 aliphatic rings. The summed E-state index contributed by atoms with van der Waals surface area (Å²) >= 11 is 0. The van der Waals surface area contributed by atoms with Crippen molar-refractivity contribution in [2.24, 2.45) is 0 Å². The van der Waals surface area contributed by atoms with Crippen LogP contribution in [0.25, 0.3) is 90.9 Å². The number of hydrogen-bond acceptors (Lipinski definition) is 4. The van der Waals surface area contributed by atoms with Gasteiger partial charge < -0.3 is 39.4 Å². The molecule has 0 spiro atoms. The fraction of sp³-hybridized carbons (Fsp3) is 0.302. The molecule has 0 saturated heterocycles. The first-order chi connectivity index (χ1) is 46.3. The predicted octanol–water partition coefficient (Wildman–Crippen LogP) is 20.9. The fourth-order valence-corrected chi connectivity index (χ4v) is 16.2. The topological polar surface area (TPSA) is 136 Å². The summed E-state index contributed by atoms with van der Waals surface area (Å²) < 4.78 is 14.1. The summed E-state index contributed by atoms with van der Waals surface area (Å²) in [4.78, 5) is 39.2. The van der Waals surface area contributed by atoms with Gasteiger partial charge in [-0.2, -0.15) is 0 Å². The standard InChI is InChI=1S/C86H88N8O2.Ni/c1-51-47-53(3)77(54(4)48-51)81-63-31-27-59(87-63)79-57-23-15-17-25-67(57)95-45-21-13-19-43-85(11)73-39-35-69(91-73)83(7,8)70-36-40-74(92-70)86(12,76-42-38-72(94-76)84(9,10)71-37-41-75(85)93-71)44-20-14-22-46-96-68-26-18-16-24-58(68)80(60-28-32-64(81)88-60)62-30-34-66(90-62)82(65-33-29-61(79)89-65)78-55(5)49-52(2)50-56(78)6;/h15-18,23-42,47-50,91-94H,13-14,19-22,43-46H2,1-12H3;/q-2;+2. The van der Waals surface area contributed by atoms with Crippen LogP contribution in [0.2, 0.25) is 0 Å². The number of benzene rings is 4. The Kier molecular flexibility index (Phi) is 16.9. The van der Waals surface area contributed by atoms with Crippen LogP contribution >= 0.6 is 0 Å². The van der Waals surface area contributed by atoms with E-state index < -0.39 is 0 Å². The van der Waals surface area contributed by atoms with Gasteiger partial charge >= 0.3 is 16.5 Å². The quantitative estimate of drug-likeness (QED) is 0.127. The van der Waals surface area contributed by atoms with E-state index in [2.05, 4.69) is 273 Å². The molecule has 4 N–H and O–H groups in total. The van der Waals surface area contributed by atoms with Gasteiger partial charge in [-0.15, -0.1) is 22.1 Å². The molecule has 10 nitrogen and oxygen atoms in total. The maximum absolute atomic E-state index is 7.06. The zero-order valence-electron chi connectivity index (χ0n) is 58.2. The molecule has 97 heavy (non-hydrogen) atoms. The molecule has 11 heteroatoms.